The fraction of sp³-hybridized carbons (Fsp3) is 0.267. The summed E-state index contributed by atoms with van der Waals surface area (Å²) in [5.74, 6) is 0.703. The van der Waals surface area contributed by atoms with Crippen molar-refractivity contribution in [1.29, 1.82) is 0 Å². The zero-order valence-electron chi connectivity index (χ0n) is 11.7. The molecule has 1 aromatic carbocycles. The van der Waals surface area contributed by atoms with Crippen LogP contribution >= 0.6 is 0 Å². The van der Waals surface area contributed by atoms with E-state index >= 15 is 0 Å². The fourth-order valence-corrected chi connectivity index (χ4v) is 2.03. The minimum absolute atomic E-state index is 0.120. The molecule has 0 saturated carbocycles. The summed E-state index contributed by atoms with van der Waals surface area (Å²) in [7, 11) is 0. The van der Waals surface area contributed by atoms with Crippen LogP contribution in [-0.4, -0.2) is 4.98 Å². The molecule has 0 aliphatic heterocycles. The van der Waals surface area contributed by atoms with Crippen molar-refractivity contribution in [2.24, 2.45) is 5.73 Å². The highest BCUT2D eigenvalue weighted by molar-refractivity contribution is 5.45. The van der Waals surface area contributed by atoms with Gasteiger partial charge in [-0.05, 0) is 36.6 Å². The van der Waals surface area contributed by atoms with Gasteiger partial charge in [-0.2, -0.15) is 13.2 Å². The number of aryl methyl sites for hydroxylation is 2. The standard InChI is InChI=1S/C15H15F3N2O/c1-9-5-11(7-19)6-10(2)14(9)21-13-4-3-12(8-20-13)15(16,17)18/h3-6,8H,7,19H2,1-2H3. The Balaban J connectivity index is 2.26. The second kappa shape index (κ2) is 5.73. The van der Waals surface area contributed by atoms with Crippen LogP contribution < -0.4 is 10.5 Å². The molecule has 112 valence electrons. The molecule has 0 atom stereocenters. The van der Waals surface area contributed by atoms with Crippen molar-refractivity contribution < 1.29 is 17.9 Å². The zero-order valence-corrected chi connectivity index (χ0v) is 11.7. The maximum Gasteiger partial charge on any atom is 0.417 e. The van der Waals surface area contributed by atoms with Crippen molar-refractivity contribution in [2.75, 3.05) is 0 Å². The van der Waals surface area contributed by atoms with E-state index in [0.717, 1.165) is 29.0 Å². The van der Waals surface area contributed by atoms with Gasteiger partial charge in [0.1, 0.15) is 5.75 Å². The van der Waals surface area contributed by atoms with E-state index < -0.39 is 11.7 Å². The average Bonchev–Trinajstić information content (AvgIpc) is 2.42. The van der Waals surface area contributed by atoms with E-state index in [9.17, 15) is 13.2 Å². The maximum absolute atomic E-state index is 12.5. The van der Waals surface area contributed by atoms with Crippen molar-refractivity contribution in [3.05, 3.63) is 52.7 Å². The third-order valence-corrected chi connectivity index (χ3v) is 3.03. The molecule has 0 saturated heterocycles. The molecule has 3 nitrogen and oxygen atoms in total. The van der Waals surface area contributed by atoms with Crippen molar-refractivity contribution in [1.82, 2.24) is 4.98 Å². The molecule has 0 aliphatic carbocycles. The number of nitrogens with two attached hydrogens (primary N) is 1. The second-order valence-corrected chi connectivity index (χ2v) is 4.75. The first-order valence-electron chi connectivity index (χ1n) is 6.32. The SMILES string of the molecule is Cc1cc(CN)cc(C)c1Oc1ccc(C(F)(F)F)cn1. The second-order valence-electron chi connectivity index (χ2n) is 4.75. The van der Waals surface area contributed by atoms with Crippen LogP contribution in [-0.2, 0) is 12.7 Å². The average molecular weight is 296 g/mol. The molecule has 0 unspecified atom stereocenters. The quantitative estimate of drug-likeness (QED) is 0.932. The third-order valence-electron chi connectivity index (χ3n) is 3.03. The van der Waals surface area contributed by atoms with Crippen LogP contribution in [0.15, 0.2) is 30.5 Å². The van der Waals surface area contributed by atoms with Crippen LogP contribution in [0.1, 0.15) is 22.3 Å². The minimum Gasteiger partial charge on any atom is -0.438 e. The number of pyridine rings is 1. The summed E-state index contributed by atoms with van der Waals surface area (Å²) in [6, 6.07) is 5.92. The first-order valence-corrected chi connectivity index (χ1v) is 6.32. The summed E-state index contributed by atoms with van der Waals surface area (Å²) in [6.07, 6.45) is -3.64. The van der Waals surface area contributed by atoms with Gasteiger partial charge in [0.25, 0.3) is 0 Å². The van der Waals surface area contributed by atoms with E-state index in [2.05, 4.69) is 4.98 Å². The zero-order chi connectivity index (χ0) is 15.6. The van der Waals surface area contributed by atoms with Crippen LogP contribution in [0.5, 0.6) is 11.6 Å². The molecule has 2 aromatic rings. The predicted molar refractivity (Wildman–Crippen MR) is 73.1 cm³/mol. The number of rotatable bonds is 3. The largest absolute Gasteiger partial charge is 0.438 e. The molecule has 6 heteroatoms. The Morgan fingerprint density at radius 3 is 2.19 bits per heavy atom. The van der Waals surface area contributed by atoms with E-state index in [1.54, 1.807) is 0 Å². The Hall–Kier alpha value is -2.08. The Morgan fingerprint density at radius 1 is 1.14 bits per heavy atom. The molecule has 0 aliphatic rings. The molecule has 1 heterocycles. The molecular weight excluding hydrogens is 281 g/mol. The number of alkyl halides is 3. The van der Waals surface area contributed by atoms with Gasteiger partial charge < -0.3 is 10.5 Å². The van der Waals surface area contributed by atoms with Gasteiger partial charge in [0.2, 0.25) is 5.88 Å². The molecular formula is C15H15F3N2O. The summed E-state index contributed by atoms with van der Waals surface area (Å²) >= 11 is 0. The molecule has 21 heavy (non-hydrogen) atoms. The van der Waals surface area contributed by atoms with E-state index in [1.165, 1.54) is 6.07 Å². The monoisotopic (exact) mass is 296 g/mol. The Morgan fingerprint density at radius 2 is 1.76 bits per heavy atom. The molecule has 0 amide bonds. The van der Waals surface area contributed by atoms with Crippen LogP contribution in [0.25, 0.3) is 0 Å². The van der Waals surface area contributed by atoms with Gasteiger partial charge in [-0.25, -0.2) is 4.98 Å². The van der Waals surface area contributed by atoms with Gasteiger partial charge in [-0.3, -0.25) is 0 Å². The van der Waals surface area contributed by atoms with Crippen molar-refractivity contribution >= 4 is 0 Å². The lowest BCUT2D eigenvalue weighted by Crippen LogP contribution is -2.05. The van der Waals surface area contributed by atoms with Gasteiger partial charge >= 0.3 is 6.18 Å². The van der Waals surface area contributed by atoms with E-state index in [-0.39, 0.29) is 5.88 Å². The lowest BCUT2D eigenvalue weighted by Gasteiger charge is -2.13. The highest BCUT2D eigenvalue weighted by atomic mass is 19.4. The number of hydrogen-bond donors (Lipinski definition) is 1. The first kappa shape index (κ1) is 15.3. The van der Waals surface area contributed by atoms with E-state index in [0.29, 0.717) is 12.3 Å². The molecule has 0 fully saturated rings. The Labute approximate surface area is 120 Å². The lowest BCUT2D eigenvalue weighted by molar-refractivity contribution is -0.137. The number of benzene rings is 1. The molecule has 0 spiro atoms. The minimum atomic E-state index is -4.40. The summed E-state index contributed by atoms with van der Waals surface area (Å²) in [5, 5.41) is 0. The summed E-state index contributed by atoms with van der Waals surface area (Å²) < 4.78 is 43.0. The number of ether oxygens (including phenoxy) is 1. The van der Waals surface area contributed by atoms with Crippen molar-refractivity contribution in [2.45, 2.75) is 26.6 Å². The number of aromatic nitrogens is 1. The Kier molecular flexibility index (Phi) is 4.18. The van der Waals surface area contributed by atoms with E-state index in [1.807, 2.05) is 26.0 Å². The topological polar surface area (TPSA) is 48.1 Å². The lowest BCUT2D eigenvalue weighted by atomic mass is 10.1. The highest BCUT2D eigenvalue weighted by Gasteiger charge is 2.30. The Bertz CT molecular complexity index is 613. The molecule has 0 radical (unpaired) electrons. The number of nitrogens with zero attached hydrogens (tertiary/aromatic N) is 1. The summed E-state index contributed by atoms with van der Waals surface area (Å²) in [4.78, 5) is 3.70. The van der Waals surface area contributed by atoms with Crippen molar-refractivity contribution in [3.8, 4) is 11.6 Å². The third kappa shape index (κ3) is 3.52. The molecule has 0 bridgehead atoms. The van der Waals surface area contributed by atoms with Crippen LogP contribution in [0.3, 0.4) is 0 Å². The molecule has 2 N–H and O–H groups in total. The van der Waals surface area contributed by atoms with Crippen molar-refractivity contribution in [3.63, 3.8) is 0 Å². The number of halogens is 3. The van der Waals surface area contributed by atoms with Gasteiger partial charge in [0.05, 0.1) is 5.56 Å². The highest BCUT2D eigenvalue weighted by Crippen LogP contribution is 2.32. The van der Waals surface area contributed by atoms with Crippen LogP contribution in [0.4, 0.5) is 13.2 Å². The maximum atomic E-state index is 12.5. The fourth-order valence-electron chi connectivity index (χ4n) is 2.03. The van der Waals surface area contributed by atoms with Crippen LogP contribution in [0, 0.1) is 13.8 Å². The number of hydrogen-bond acceptors (Lipinski definition) is 3. The molecule has 2 rings (SSSR count). The van der Waals surface area contributed by atoms with Crippen LogP contribution in [0.2, 0.25) is 0 Å². The summed E-state index contributed by atoms with van der Waals surface area (Å²) in [5.41, 5.74) is 7.47. The van der Waals surface area contributed by atoms with Gasteiger partial charge in [-0.15, -0.1) is 0 Å². The van der Waals surface area contributed by atoms with E-state index in [4.69, 9.17) is 10.5 Å². The normalized spacial score (nSPS) is 11.5. The first-order chi connectivity index (χ1) is 9.81. The summed E-state index contributed by atoms with van der Waals surface area (Å²) in [6.45, 7) is 4.12. The smallest absolute Gasteiger partial charge is 0.417 e. The van der Waals surface area contributed by atoms with Gasteiger partial charge in [0, 0.05) is 18.8 Å². The van der Waals surface area contributed by atoms with Gasteiger partial charge in [0.15, 0.2) is 0 Å². The van der Waals surface area contributed by atoms with Gasteiger partial charge in [-0.1, -0.05) is 12.1 Å². The predicted octanol–water partition coefficient (Wildman–Crippen LogP) is 3.97. The molecule has 1 aromatic heterocycles.